The van der Waals surface area contributed by atoms with Gasteiger partial charge in [-0.1, -0.05) is 127 Å². The van der Waals surface area contributed by atoms with Gasteiger partial charge in [-0.15, -0.1) is 0 Å². The van der Waals surface area contributed by atoms with E-state index in [2.05, 4.69) is 191 Å². The van der Waals surface area contributed by atoms with Crippen LogP contribution >= 0.6 is 0 Å². The summed E-state index contributed by atoms with van der Waals surface area (Å²) in [5.41, 5.74) is 12.0. The molecule has 0 saturated carbocycles. The van der Waals surface area contributed by atoms with Crippen LogP contribution in [-0.2, 0) is 0 Å². The summed E-state index contributed by atoms with van der Waals surface area (Å²) in [4.78, 5) is 2.36. The van der Waals surface area contributed by atoms with Crippen molar-refractivity contribution in [2.24, 2.45) is 0 Å². The monoisotopic (exact) mass is 634 g/mol. The summed E-state index contributed by atoms with van der Waals surface area (Å²) in [5, 5.41) is 10.6. The Morgan fingerprint density at radius 1 is 0.320 bits per heavy atom. The van der Waals surface area contributed by atoms with E-state index in [0.29, 0.717) is 0 Å². The largest absolute Gasteiger partial charge is 0.310 e. The lowest BCUT2D eigenvalue weighted by Crippen LogP contribution is -2.10. The molecule has 0 radical (unpaired) electrons. The maximum absolute atomic E-state index is 2.48. The van der Waals surface area contributed by atoms with Gasteiger partial charge in [0.05, 0.1) is 11.0 Å². The molecule has 11 rings (SSSR count). The van der Waals surface area contributed by atoms with Crippen LogP contribution in [0, 0.1) is 0 Å². The molecule has 0 saturated heterocycles. The molecule has 0 aliphatic heterocycles. The third kappa shape index (κ3) is 3.85. The molecule has 10 aromatic rings. The van der Waals surface area contributed by atoms with Gasteiger partial charge in [-0.3, -0.25) is 0 Å². The zero-order valence-corrected chi connectivity index (χ0v) is 27.2. The number of nitrogens with zero attached hydrogens (tertiary/aromatic N) is 2. The van der Waals surface area contributed by atoms with E-state index in [1.165, 1.54) is 76.4 Å². The summed E-state index contributed by atoms with van der Waals surface area (Å²) in [6.45, 7) is 0. The Morgan fingerprint density at radius 3 is 1.50 bits per heavy atom. The van der Waals surface area contributed by atoms with E-state index in [4.69, 9.17) is 0 Å². The van der Waals surface area contributed by atoms with Crippen molar-refractivity contribution in [2.75, 3.05) is 4.90 Å². The lowest BCUT2D eigenvalue weighted by atomic mass is 9.93. The fourth-order valence-electron chi connectivity index (χ4n) is 8.52. The first kappa shape index (κ1) is 27.3. The van der Waals surface area contributed by atoms with E-state index in [9.17, 15) is 0 Å². The number of benzene rings is 9. The van der Waals surface area contributed by atoms with Crippen LogP contribution in [0.15, 0.2) is 182 Å². The number of para-hydroxylation sites is 1. The van der Waals surface area contributed by atoms with Crippen molar-refractivity contribution in [3.63, 3.8) is 0 Å². The van der Waals surface area contributed by atoms with Gasteiger partial charge in [-0.25, -0.2) is 0 Å². The summed E-state index contributed by atoms with van der Waals surface area (Å²) in [7, 11) is 0. The van der Waals surface area contributed by atoms with Crippen LogP contribution in [-0.4, -0.2) is 4.57 Å². The van der Waals surface area contributed by atoms with Gasteiger partial charge in [-0.05, 0) is 104 Å². The van der Waals surface area contributed by atoms with E-state index in [1.807, 2.05) is 0 Å². The molecule has 2 heteroatoms. The van der Waals surface area contributed by atoms with Gasteiger partial charge in [0.1, 0.15) is 0 Å². The molecule has 0 bridgehead atoms. The van der Waals surface area contributed by atoms with Crippen LogP contribution in [0.1, 0.15) is 0 Å². The zero-order chi connectivity index (χ0) is 32.8. The Morgan fingerprint density at radius 2 is 0.820 bits per heavy atom. The SMILES string of the molecule is c1ccc(-c2ccc(N(c3ccccc3)c3cccc(-n4c5ccc6cccc7c6c5c5c6c(ccc8cccc-7c86)ccc54)c3)cc2)cc1. The lowest BCUT2D eigenvalue weighted by molar-refractivity contribution is 1.17. The van der Waals surface area contributed by atoms with Crippen LogP contribution in [0.25, 0.3) is 82.1 Å². The number of aromatic nitrogens is 1. The molecular weight excluding hydrogens is 605 g/mol. The Bertz CT molecular complexity index is 2960. The van der Waals surface area contributed by atoms with Crippen LogP contribution < -0.4 is 4.90 Å². The van der Waals surface area contributed by atoms with E-state index in [0.717, 1.165) is 22.7 Å². The van der Waals surface area contributed by atoms with Gasteiger partial charge in [-0.2, -0.15) is 0 Å². The molecular formula is C48H30N2. The topological polar surface area (TPSA) is 8.17 Å². The van der Waals surface area contributed by atoms with E-state index < -0.39 is 0 Å². The average Bonchev–Trinajstić information content (AvgIpc) is 3.46. The fourth-order valence-corrected chi connectivity index (χ4v) is 8.52. The van der Waals surface area contributed by atoms with E-state index in [-0.39, 0.29) is 0 Å². The minimum absolute atomic E-state index is 1.11. The number of hydrogen-bond donors (Lipinski definition) is 0. The third-order valence-electron chi connectivity index (χ3n) is 10.6. The molecule has 0 amide bonds. The lowest BCUT2D eigenvalue weighted by Gasteiger charge is -2.26. The molecule has 0 N–H and O–H groups in total. The van der Waals surface area contributed by atoms with Crippen LogP contribution in [0.5, 0.6) is 0 Å². The predicted molar refractivity (Wildman–Crippen MR) is 212 cm³/mol. The van der Waals surface area contributed by atoms with Gasteiger partial charge >= 0.3 is 0 Å². The van der Waals surface area contributed by atoms with Crippen LogP contribution in [0.3, 0.4) is 0 Å². The summed E-state index contributed by atoms with van der Waals surface area (Å²) in [6, 6.07) is 66.6. The summed E-state index contributed by atoms with van der Waals surface area (Å²) >= 11 is 0. The normalized spacial score (nSPS) is 12.0. The molecule has 1 aromatic heterocycles. The second-order valence-electron chi connectivity index (χ2n) is 13.3. The quantitative estimate of drug-likeness (QED) is 0.171. The molecule has 9 aromatic carbocycles. The molecule has 2 nitrogen and oxygen atoms in total. The first-order valence-electron chi connectivity index (χ1n) is 17.3. The minimum atomic E-state index is 1.11. The van der Waals surface area contributed by atoms with Crippen molar-refractivity contribution in [2.45, 2.75) is 0 Å². The van der Waals surface area contributed by atoms with Crippen LogP contribution in [0.4, 0.5) is 17.1 Å². The average molecular weight is 635 g/mol. The Labute approximate surface area is 289 Å². The van der Waals surface area contributed by atoms with E-state index >= 15 is 0 Å². The van der Waals surface area contributed by atoms with Crippen molar-refractivity contribution in [3.05, 3.63) is 182 Å². The third-order valence-corrected chi connectivity index (χ3v) is 10.6. The number of anilines is 3. The van der Waals surface area contributed by atoms with E-state index in [1.54, 1.807) is 0 Å². The van der Waals surface area contributed by atoms with Gasteiger partial charge in [0.15, 0.2) is 0 Å². The van der Waals surface area contributed by atoms with Crippen molar-refractivity contribution in [1.82, 2.24) is 4.57 Å². The van der Waals surface area contributed by atoms with Crippen molar-refractivity contribution in [1.29, 1.82) is 0 Å². The first-order chi connectivity index (χ1) is 24.8. The molecule has 0 spiro atoms. The Kier molecular flexibility index (Phi) is 5.70. The second kappa shape index (κ2) is 10.4. The molecule has 1 heterocycles. The molecule has 232 valence electrons. The molecule has 0 unspecified atom stereocenters. The van der Waals surface area contributed by atoms with Gasteiger partial charge in [0, 0.05) is 38.9 Å². The van der Waals surface area contributed by atoms with Crippen molar-refractivity contribution >= 4 is 71.2 Å². The minimum Gasteiger partial charge on any atom is -0.310 e. The molecule has 1 aliphatic carbocycles. The van der Waals surface area contributed by atoms with Gasteiger partial charge in [0.25, 0.3) is 0 Å². The van der Waals surface area contributed by atoms with Crippen molar-refractivity contribution in [3.8, 4) is 27.9 Å². The predicted octanol–water partition coefficient (Wildman–Crippen LogP) is 13.4. The van der Waals surface area contributed by atoms with Gasteiger partial charge < -0.3 is 9.47 Å². The highest BCUT2D eigenvalue weighted by Gasteiger charge is 2.24. The maximum Gasteiger partial charge on any atom is 0.0548 e. The summed E-state index contributed by atoms with van der Waals surface area (Å²) < 4.78 is 2.48. The number of fused-ring (bicyclic) bond motifs is 1. The molecule has 1 aliphatic rings. The molecule has 0 fully saturated rings. The maximum atomic E-state index is 2.48. The highest BCUT2D eigenvalue weighted by atomic mass is 15.1. The standard InChI is InChI=1S/C48H30N2/c1-3-10-31(11-4-1)32-22-26-37(27-23-32)49(36-14-5-2-6-15-36)38-16-9-17-39(30-38)50-42-28-24-34-13-8-19-41-40-18-7-12-33-20-21-35-25-29-43(50)48(46(35)44(33)40)47(42)45(34)41/h1-30H. The highest BCUT2D eigenvalue weighted by Crippen LogP contribution is 2.50. The van der Waals surface area contributed by atoms with Crippen LogP contribution in [0.2, 0.25) is 0 Å². The molecule has 0 atom stereocenters. The first-order valence-corrected chi connectivity index (χ1v) is 17.3. The Hall–Kier alpha value is -6.64. The Balaban J connectivity index is 1.18. The molecule has 50 heavy (non-hydrogen) atoms. The summed E-state index contributed by atoms with van der Waals surface area (Å²) in [5.74, 6) is 0. The number of hydrogen-bond acceptors (Lipinski definition) is 1. The van der Waals surface area contributed by atoms with Crippen molar-refractivity contribution < 1.29 is 0 Å². The highest BCUT2D eigenvalue weighted by molar-refractivity contribution is 6.38. The zero-order valence-electron chi connectivity index (χ0n) is 27.2. The smallest absolute Gasteiger partial charge is 0.0548 e. The fraction of sp³-hybridized carbons (Fsp3) is 0. The summed E-state index contributed by atoms with van der Waals surface area (Å²) in [6.07, 6.45) is 0. The number of rotatable bonds is 5. The second-order valence-corrected chi connectivity index (χ2v) is 13.3. The van der Waals surface area contributed by atoms with Gasteiger partial charge in [0.2, 0.25) is 0 Å².